The van der Waals surface area contributed by atoms with Crippen molar-refractivity contribution in [2.24, 2.45) is 5.92 Å². The summed E-state index contributed by atoms with van der Waals surface area (Å²) in [6.45, 7) is 1.37. The van der Waals surface area contributed by atoms with E-state index in [-0.39, 0.29) is 12.5 Å². The van der Waals surface area contributed by atoms with Crippen LogP contribution >= 0.6 is 0 Å². The molecule has 1 N–H and O–H groups in total. The van der Waals surface area contributed by atoms with E-state index in [1.807, 2.05) is 60.7 Å². The molecule has 0 spiro atoms. The number of aromatic nitrogens is 2. The van der Waals surface area contributed by atoms with Gasteiger partial charge in [0.15, 0.2) is 0 Å². The summed E-state index contributed by atoms with van der Waals surface area (Å²) in [6.07, 6.45) is 3.08. The molecule has 1 aliphatic rings. The van der Waals surface area contributed by atoms with Gasteiger partial charge in [-0.3, -0.25) is 14.3 Å². The largest absolute Gasteiger partial charge is 0.481 e. The van der Waals surface area contributed by atoms with E-state index in [1.165, 1.54) is 0 Å². The van der Waals surface area contributed by atoms with Gasteiger partial charge in [-0.05, 0) is 18.4 Å². The van der Waals surface area contributed by atoms with Crippen LogP contribution < -0.4 is 0 Å². The van der Waals surface area contributed by atoms with Crippen LogP contribution in [0.3, 0.4) is 0 Å². The molecule has 1 fully saturated rings. The number of aliphatic carboxylic acids is 1. The fourth-order valence-electron chi connectivity index (χ4n) is 3.77. The molecule has 1 aromatic heterocycles. The van der Waals surface area contributed by atoms with Crippen molar-refractivity contribution in [1.29, 1.82) is 0 Å². The van der Waals surface area contributed by atoms with Gasteiger partial charge in [0.25, 0.3) is 5.91 Å². The predicted octanol–water partition coefficient (Wildman–Crippen LogP) is 3.54. The molecule has 0 aliphatic carbocycles. The predicted molar refractivity (Wildman–Crippen MR) is 109 cm³/mol. The van der Waals surface area contributed by atoms with Gasteiger partial charge in [-0.2, -0.15) is 5.10 Å². The number of carbonyl (C=O) groups is 2. The molecule has 6 heteroatoms. The molecule has 0 radical (unpaired) electrons. The number of likely N-dealkylation sites (tertiary alicyclic amines) is 1. The fourth-order valence-corrected chi connectivity index (χ4v) is 3.77. The van der Waals surface area contributed by atoms with E-state index >= 15 is 0 Å². The Morgan fingerprint density at radius 2 is 1.72 bits per heavy atom. The van der Waals surface area contributed by atoms with Crippen molar-refractivity contribution < 1.29 is 14.7 Å². The quantitative estimate of drug-likeness (QED) is 0.724. The Labute approximate surface area is 169 Å². The summed E-state index contributed by atoms with van der Waals surface area (Å²) < 4.78 is 1.78. The average Bonchev–Trinajstić information content (AvgIpc) is 3.18. The zero-order valence-electron chi connectivity index (χ0n) is 16.1. The maximum absolute atomic E-state index is 13.3. The van der Waals surface area contributed by atoms with Crippen LogP contribution in [0.4, 0.5) is 0 Å². The zero-order valence-corrected chi connectivity index (χ0v) is 16.1. The number of benzene rings is 2. The first kappa shape index (κ1) is 18.9. The number of rotatable bonds is 5. The highest BCUT2D eigenvalue weighted by atomic mass is 16.4. The van der Waals surface area contributed by atoms with E-state index in [2.05, 4.69) is 0 Å². The first-order valence-electron chi connectivity index (χ1n) is 9.80. The van der Waals surface area contributed by atoms with Gasteiger partial charge in [-0.15, -0.1) is 0 Å². The smallest absolute Gasteiger partial charge is 0.308 e. The summed E-state index contributed by atoms with van der Waals surface area (Å²) in [5, 5.41) is 14.1. The number of carboxylic acids is 1. The maximum atomic E-state index is 13.3. The first-order valence-corrected chi connectivity index (χ1v) is 9.80. The zero-order chi connectivity index (χ0) is 20.2. The molecule has 2 aromatic carbocycles. The number of piperidine rings is 1. The molecule has 6 nitrogen and oxygen atoms in total. The van der Waals surface area contributed by atoms with E-state index in [1.54, 1.807) is 15.8 Å². The van der Waals surface area contributed by atoms with Gasteiger partial charge in [0.2, 0.25) is 0 Å². The number of carboxylic acid groups (broad SMARTS) is 1. The van der Waals surface area contributed by atoms with Crippen LogP contribution in [0.2, 0.25) is 0 Å². The van der Waals surface area contributed by atoms with E-state index in [4.69, 9.17) is 5.10 Å². The molecular weight excluding hydrogens is 366 g/mol. The molecule has 1 aliphatic heterocycles. The summed E-state index contributed by atoms with van der Waals surface area (Å²) in [5.41, 5.74) is 3.11. The highest BCUT2D eigenvalue weighted by Crippen LogP contribution is 2.26. The summed E-state index contributed by atoms with van der Waals surface area (Å²) in [7, 11) is 0. The summed E-state index contributed by atoms with van der Waals surface area (Å²) >= 11 is 0. The minimum atomic E-state index is -0.842. The number of nitrogens with zero attached hydrogens (tertiary/aromatic N) is 3. The molecule has 4 rings (SSSR count). The lowest BCUT2D eigenvalue weighted by Crippen LogP contribution is -2.42. The topological polar surface area (TPSA) is 75.4 Å². The van der Waals surface area contributed by atoms with Crippen LogP contribution in [0.1, 0.15) is 28.8 Å². The molecule has 1 amide bonds. The Balaban J connectivity index is 1.67. The minimum absolute atomic E-state index is 0.158. The standard InChI is InChI=1S/C23H23N3O3/c27-22(25-13-7-12-19(15-25)23(28)29)20-16-26(14-17-8-3-1-4-9-17)24-21(20)18-10-5-2-6-11-18/h1-6,8-11,16,19H,7,12-15H2,(H,28,29). The summed E-state index contributed by atoms with van der Waals surface area (Å²) in [4.78, 5) is 26.4. The van der Waals surface area contributed by atoms with E-state index in [0.717, 1.165) is 11.1 Å². The first-order chi connectivity index (χ1) is 14.1. The van der Waals surface area contributed by atoms with Crippen LogP contribution in [0.15, 0.2) is 66.9 Å². The molecule has 0 saturated carbocycles. The molecule has 29 heavy (non-hydrogen) atoms. The van der Waals surface area contributed by atoms with Crippen molar-refractivity contribution in [3.8, 4) is 11.3 Å². The van der Waals surface area contributed by atoms with Crippen molar-refractivity contribution in [1.82, 2.24) is 14.7 Å². The number of hydrogen-bond acceptors (Lipinski definition) is 3. The normalized spacial score (nSPS) is 16.6. The maximum Gasteiger partial charge on any atom is 0.308 e. The van der Waals surface area contributed by atoms with Crippen molar-refractivity contribution in [2.75, 3.05) is 13.1 Å². The van der Waals surface area contributed by atoms with Crippen molar-refractivity contribution >= 4 is 11.9 Å². The third kappa shape index (κ3) is 4.21. The molecule has 1 unspecified atom stereocenters. The number of amides is 1. The van der Waals surface area contributed by atoms with Crippen molar-refractivity contribution in [2.45, 2.75) is 19.4 Å². The van der Waals surface area contributed by atoms with Gasteiger partial charge in [-0.25, -0.2) is 0 Å². The van der Waals surface area contributed by atoms with Crippen molar-refractivity contribution in [3.05, 3.63) is 78.0 Å². The molecule has 0 bridgehead atoms. The minimum Gasteiger partial charge on any atom is -0.481 e. The van der Waals surface area contributed by atoms with Gasteiger partial charge in [0.05, 0.1) is 18.0 Å². The Bertz CT molecular complexity index is 999. The monoisotopic (exact) mass is 389 g/mol. The van der Waals surface area contributed by atoms with E-state index in [9.17, 15) is 14.7 Å². The highest BCUT2D eigenvalue weighted by molar-refractivity contribution is 6.00. The second kappa shape index (κ2) is 8.31. The highest BCUT2D eigenvalue weighted by Gasteiger charge is 2.30. The molecule has 1 atom stereocenters. The van der Waals surface area contributed by atoms with Crippen LogP contribution in [0.25, 0.3) is 11.3 Å². The second-order valence-corrected chi connectivity index (χ2v) is 7.37. The van der Waals surface area contributed by atoms with E-state index < -0.39 is 11.9 Å². The summed E-state index contributed by atoms with van der Waals surface area (Å²) in [5.74, 6) is -1.51. The number of carbonyl (C=O) groups excluding carboxylic acids is 1. The van der Waals surface area contributed by atoms with Crippen LogP contribution in [0.5, 0.6) is 0 Å². The third-order valence-corrected chi connectivity index (χ3v) is 5.28. The van der Waals surface area contributed by atoms with Gasteiger partial charge in [-0.1, -0.05) is 60.7 Å². The molecule has 1 saturated heterocycles. The lowest BCUT2D eigenvalue weighted by molar-refractivity contribution is -0.143. The molecular formula is C23H23N3O3. The SMILES string of the molecule is O=C(O)C1CCCN(C(=O)c2cn(Cc3ccccc3)nc2-c2ccccc2)C1. The Morgan fingerprint density at radius 1 is 1.03 bits per heavy atom. The van der Waals surface area contributed by atoms with Crippen LogP contribution in [-0.2, 0) is 11.3 Å². The lowest BCUT2D eigenvalue weighted by Gasteiger charge is -2.30. The van der Waals surface area contributed by atoms with Crippen molar-refractivity contribution in [3.63, 3.8) is 0 Å². The van der Waals surface area contributed by atoms with E-state index in [0.29, 0.717) is 37.2 Å². The second-order valence-electron chi connectivity index (χ2n) is 7.37. The molecule has 148 valence electrons. The molecule has 2 heterocycles. The van der Waals surface area contributed by atoms with Gasteiger partial charge in [0.1, 0.15) is 5.69 Å². The third-order valence-electron chi connectivity index (χ3n) is 5.28. The van der Waals surface area contributed by atoms with Gasteiger partial charge in [0, 0.05) is 24.8 Å². The number of hydrogen-bond donors (Lipinski definition) is 1. The fraction of sp³-hybridized carbons (Fsp3) is 0.261. The Hall–Kier alpha value is -3.41. The Kier molecular flexibility index (Phi) is 5.42. The molecule has 3 aromatic rings. The lowest BCUT2D eigenvalue weighted by atomic mass is 9.97. The van der Waals surface area contributed by atoms with Gasteiger partial charge >= 0.3 is 5.97 Å². The average molecular weight is 389 g/mol. The van der Waals surface area contributed by atoms with Gasteiger partial charge < -0.3 is 10.0 Å². The van der Waals surface area contributed by atoms with Crippen LogP contribution in [-0.4, -0.2) is 44.8 Å². The van der Waals surface area contributed by atoms with Crippen LogP contribution in [0, 0.1) is 5.92 Å². The Morgan fingerprint density at radius 3 is 2.41 bits per heavy atom. The summed E-state index contributed by atoms with van der Waals surface area (Å²) in [6, 6.07) is 19.6.